The predicted octanol–water partition coefficient (Wildman–Crippen LogP) is 2.26. The van der Waals surface area contributed by atoms with Crippen LogP contribution in [0.25, 0.3) is 0 Å². The Bertz CT molecular complexity index is 543. The third-order valence-corrected chi connectivity index (χ3v) is 2.83. The lowest BCUT2D eigenvalue weighted by Gasteiger charge is -2.05. The zero-order valence-corrected chi connectivity index (χ0v) is 11.2. The first-order valence-electron chi connectivity index (χ1n) is 5.26. The van der Waals surface area contributed by atoms with Crippen LogP contribution in [0.4, 0.5) is 5.69 Å². The van der Waals surface area contributed by atoms with E-state index in [4.69, 9.17) is 0 Å². The van der Waals surface area contributed by atoms with Gasteiger partial charge in [0.1, 0.15) is 5.69 Å². The van der Waals surface area contributed by atoms with Gasteiger partial charge in [0.25, 0.3) is 5.91 Å². The molecule has 6 heteroatoms. The second-order valence-electron chi connectivity index (χ2n) is 3.69. The van der Waals surface area contributed by atoms with Crippen LogP contribution < -0.4 is 5.32 Å². The van der Waals surface area contributed by atoms with Crippen molar-refractivity contribution in [2.24, 2.45) is 7.05 Å². The van der Waals surface area contributed by atoms with Crippen LogP contribution >= 0.6 is 15.9 Å². The number of carbonyl (C=O) groups excluding carboxylic acids is 1. The Hall–Kier alpha value is -1.56. The van der Waals surface area contributed by atoms with Crippen molar-refractivity contribution in [1.82, 2.24) is 14.3 Å². The normalized spacial score (nSPS) is 10.5. The average Bonchev–Trinajstić information content (AvgIpc) is 2.84. The summed E-state index contributed by atoms with van der Waals surface area (Å²) in [5.41, 5.74) is 1.32. The number of carbonyl (C=O) groups is 1. The molecule has 2 heterocycles. The van der Waals surface area contributed by atoms with Crippen LogP contribution in [0.1, 0.15) is 17.4 Å². The van der Waals surface area contributed by atoms with Gasteiger partial charge in [-0.3, -0.25) is 9.48 Å². The zero-order valence-electron chi connectivity index (χ0n) is 9.64. The maximum absolute atomic E-state index is 12.0. The van der Waals surface area contributed by atoms with E-state index in [0.717, 1.165) is 11.0 Å². The molecule has 2 aromatic rings. The van der Waals surface area contributed by atoms with Crippen LogP contribution in [0.2, 0.25) is 0 Å². The molecule has 0 bridgehead atoms. The van der Waals surface area contributed by atoms with Crippen LogP contribution in [-0.4, -0.2) is 20.3 Å². The van der Waals surface area contributed by atoms with E-state index < -0.39 is 0 Å². The van der Waals surface area contributed by atoms with Crippen molar-refractivity contribution >= 4 is 27.5 Å². The van der Waals surface area contributed by atoms with Crippen molar-refractivity contribution in [2.45, 2.75) is 13.5 Å². The van der Waals surface area contributed by atoms with E-state index in [-0.39, 0.29) is 5.91 Å². The van der Waals surface area contributed by atoms with Crippen molar-refractivity contribution in [3.63, 3.8) is 0 Å². The van der Waals surface area contributed by atoms with Crippen LogP contribution in [0.15, 0.2) is 29.1 Å². The Kier molecular flexibility index (Phi) is 3.33. The third kappa shape index (κ3) is 2.58. The SMILES string of the molecule is CCn1cc(Br)cc1C(=O)Nc1cnn(C)c1. The highest BCUT2D eigenvalue weighted by molar-refractivity contribution is 9.10. The van der Waals surface area contributed by atoms with Crippen molar-refractivity contribution in [1.29, 1.82) is 0 Å². The summed E-state index contributed by atoms with van der Waals surface area (Å²) in [7, 11) is 1.81. The lowest BCUT2D eigenvalue weighted by molar-refractivity contribution is 0.101. The molecule has 0 atom stereocenters. The van der Waals surface area contributed by atoms with Gasteiger partial charge in [0.05, 0.1) is 11.9 Å². The summed E-state index contributed by atoms with van der Waals surface area (Å²) >= 11 is 3.36. The lowest BCUT2D eigenvalue weighted by atomic mass is 10.4. The van der Waals surface area contributed by atoms with Crippen molar-refractivity contribution in [2.75, 3.05) is 5.32 Å². The summed E-state index contributed by atoms with van der Waals surface area (Å²) in [6.07, 6.45) is 5.26. The molecule has 0 aliphatic heterocycles. The molecule has 0 aliphatic rings. The molecule has 2 rings (SSSR count). The molecule has 2 aromatic heterocycles. The Morgan fingerprint density at radius 1 is 1.53 bits per heavy atom. The first-order valence-corrected chi connectivity index (χ1v) is 6.05. The number of halogens is 1. The quantitative estimate of drug-likeness (QED) is 0.944. The number of aryl methyl sites for hydroxylation is 2. The second kappa shape index (κ2) is 4.75. The number of hydrogen-bond donors (Lipinski definition) is 1. The van der Waals surface area contributed by atoms with E-state index >= 15 is 0 Å². The number of rotatable bonds is 3. The standard InChI is InChI=1S/C11H13BrN4O/c1-3-16-6-8(12)4-10(16)11(17)14-9-5-13-15(2)7-9/h4-7H,3H2,1-2H3,(H,14,17). The minimum absolute atomic E-state index is 0.134. The van der Waals surface area contributed by atoms with Gasteiger partial charge < -0.3 is 9.88 Å². The van der Waals surface area contributed by atoms with Gasteiger partial charge in [-0.05, 0) is 28.9 Å². The molecule has 0 unspecified atom stereocenters. The van der Waals surface area contributed by atoms with E-state index in [0.29, 0.717) is 11.4 Å². The molecular weight excluding hydrogens is 284 g/mol. The van der Waals surface area contributed by atoms with E-state index in [1.807, 2.05) is 17.7 Å². The molecule has 0 saturated carbocycles. The lowest BCUT2D eigenvalue weighted by Crippen LogP contribution is -2.16. The molecule has 0 spiro atoms. The van der Waals surface area contributed by atoms with Crippen LogP contribution in [0, 0.1) is 0 Å². The average molecular weight is 297 g/mol. The summed E-state index contributed by atoms with van der Waals surface area (Å²) in [4.78, 5) is 12.0. The highest BCUT2D eigenvalue weighted by Crippen LogP contribution is 2.16. The smallest absolute Gasteiger partial charge is 0.272 e. The molecule has 5 nitrogen and oxygen atoms in total. The second-order valence-corrected chi connectivity index (χ2v) is 4.60. The fourth-order valence-corrected chi connectivity index (χ4v) is 2.07. The molecule has 0 fully saturated rings. The molecule has 90 valence electrons. The summed E-state index contributed by atoms with van der Waals surface area (Å²) in [6, 6.07) is 1.80. The van der Waals surface area contributed by atoms with Gasteiger partial charge in [-0.1, -0.05) is 0 Å². The van der Waals surface area contributed by atoms with Crippen LogP contribution in [0.5, 0.6) is 0 Å². The monoisotopic (exact) mass is 296 g/mol. The van der Waals surface area contributed by atoms with Crippen molar-refractivity contribution < 1.29 is 4.79 Å². The number of amides is 1. The van der Waals surface area contributed by atoms with Gasteiger partial charge in [0.15, 0.2) is 0 Å². The Balaban J connectivity index is 2.19. The van der Waals surface area contributed by atoms with Gasteiger partial charge in [-0.2, -0.15) is 5.10 Å². The number of nitrogens with one attached hydrogen (secondary N) is 1. The summed E-state index contributed by atoms with van der Waals surface area (Å²) in [6.45, 7) is 2.74. The fourth-order valence-electron chi connectivity index (χ4n) is 1.61. The van der Waals surface area contributed by atoms with E-state index in [1.165, 1.54) is 0 Å². The summed E-state index contributed by atoms with van der Waals surface area (Å²) in [5, 5.41) is 6.80. The van der Waals surface area contributed by atoms with Crippen LogP contribution in [-0.2, 0) is 13.6 Å². The highest BCUT2D eigenvalue weighted by atomic mass is 79.9. The molecule has 0 saturated heterocycles. The summed E-state index contributed by atoms with van der Waals surface area (Å²) in [5.74, 6) is -0.134. The van der Waals surface area contributed by atoms with Gasteiger partial charge in [-0.15, -0.1) is 0 Å². The molecule has 0 aliphatic carbocycles. The van der Waals surface area contributed by atoms with Crippen molar-refractivity contribution in [3.8, 4) is 0 Å². The Labute approximate surface area is 108 Å². The van der Waals surface area contributed by atoms with Gasteiger partial charge >= 0.3 is 0 Å². The van der Waals surface area contributed by atoms with Gasteiger partial charge in [0.2, 0.25) is 0 Å². The fraction of sp³-hybridized carbons (Fsp3) is 0.273. The molecule has 17 heavy (non-hydrogen) atoms. The van der Waals surface area contributed by atoms with E-state index in [9.17, 15) is 4.79 Å². The van der Waals surface area contributed by atoms with Gasteiger partial charge in [-0.25, -0.2) is 0 Å². The molecule has 0 aromatic carbocycles. The molecule has 1 amide bonds. The first kappa shape index (κ1) is 11.9. The molecular formula is C11H13BrN4O. The maximum Gasteiger partial charge on any atom is 0.272 e. The van der Waals surface area contributed by atoms with E-state index in [1.54, 1.807) is 30.2 Å². The largest absolute Gasteiger partial charge is 0.343 e. The number of nitrogens with zero attached hydrogens (tertiary/aromatic N) is 3. The Morgan fingerprint density at radius 3 is 2.88 bits per heavy atom. The third-order valence-electron chi connectivity index (χ3n) is 2.40. The molecule has 0 radical (unpaired) electrons. The van der Waals surface area contributed by atoms with Crippen molar-refractivity contribution in [3.05, 3.63) is 34.8 Å². The topological polar surface area (TPSA) is 51.9 Å². The summed E-state index contributed by atoms with van der Waals surface area (Å²) < 4.78 is 4.43. The first-order chi connectivity index (χ1) is 8.10. The minimum Gasteiger partial charge on any atom is -0.343 e. The predicted molar refractivity (Wildman–Crippen MR) is 69.0 cm³/mol. The van der Waals surface area contributed by atoms with E-state index in [2.05, 4.69) is 26.3 Å². The van der Waals surface area contributed by atoms with Crippen LogP contribution in [0.3, 0.4) is 0 Å². The molecule has 1 N–H and O–H groups in total. The number of aromatic nitrogens is 3. The van der Waals surface area contributed by atoms with Gasteiger partial charge in [0, 0.05) is 30.5 Å². The minimum atomic E-state index is -0.134. The number of hydrogen-bond acceptors (Lipinski definition) is 2. The zero-order chi connectivity index (χ0) is 12.4. The maximum atomic E-state index is 12.0. The highest BCUT2D eigenvalue weighted by Gasteiger charge is 2.12. The Morgan fingerprint density at radius 2 is 2.29 bits per heavy atom. The number of anilines is 1.